The number of carboxylic acids is 1. The number of benzene rings is 1. The monoisotopic (exact) mass is 262 g/mol. The van der Waals surface area contributed by atoms with E-state index in [0.29, 0.717) is 0 Å². The van der Waals surface area contributed by atoms with Crippen molar-refractivity contribution < 1.29 is 19.1 Å². The van der Waals surface area contributed by atoms with Gasteiger partial charge in [0.25, 0.3) is 0 Å². The lowest BCUT2D eigenvalue weighted by Gasteiger charge is -2.01. The van der Waals surface area contributed by atoms with Crippen molar-refractivity contribution in [3.63, 3.8) is 0 Å². The fraction of sp³-hybridized carbons (Fsp3) is 0.0769. The molecule has 2 rings (SSSR count). The standard InChI is InChI=1S/C13H11FN2O3/c1-16-6-7(4-11(16)13(18)19)12(17)9-3-2-8(15)5-10(9)14/h2-6H,15H2,1H3,(H,18,19). The number of aromatic nitrogens is 1. The van der Waals surface area contributed by atoms with E-state index in [2.05, 4.69) is 0 Å². The molecule has 3 N–H and O–H groups in total. The maximum absolute atomic E-state index is 13.6. The lowest BCUT2D eigenvalue weighted by Crippen LogP contribution is -2.04. The molecule has 19 heavy (non-hydrogen) atoms. The summed E-state index contributed by atoms with van der Waals surface area (Å²) in [4.78, 5) is 23.0. The number of halogens is 1. The zero-order chi connectivity index (χ0) is 14.2. The van der Waals surface area contributed by atoms with Crippen LogP contribution in [0.3, 0.4) is 0 Å². The molecule has 0 bridgehead atoms. The van der Waals surface area contributed by atoms with Gasteiger partial charge in [-0.1, -0.05) is 0 Å². The highest BCUT2D eigenvalue weighted by Gasteiger charge is 2.18. The zero-order valence-electron chi connectivity index (χ0n) is 10.1. The molecule has 0 fully saturated rings. The fourth-order valence-corrected chi connectivity index (χ4v) is 1.77. The minimum Gasteiger partial charge on any atom is -0.477 e. The third kappa shape index (κ3) is 2.33. The van der Waals surface area contributed by atoms with E-state index in [9.17, 15) is 14.0 Å². The first-order valence-electron chi connectivity index (χ1n) is 5.39. The van der Waals surface area contributed by atoms with Gasteiger partial charge in [-0.25, -0.2) is 9.18 Å². The Hall–Kier alpha value is -2.63. The summed E-state index contributed by atoms with van der Waals surface area (Å²) in [6.45, 7) is 0. The van der Waals surface area contributed by atoms with Crippen molar-refractivity contribution in [3.8, 4) is 0 Å². The van der Waals surface area contributed by atoms with Gasteiger partial charge in [0.2, 0.25) is 0 Å². The molecular weight excluding hydrogens is 251 g/mol. The normalized spacial score (nSPS) is 10.4. The number of carboxylic acid groups (broad SMARTS) is 1. The number of nitrogens with zero attached hydrogens (tertiary/aromatic N) is 1. The number of nitrogens with two attached hydrogens (primary N) is 1. The van der Waals surface area contributed by atoms with E-state index in [4.69, 9.17) is 10.8 Å². The van der Waals surface area contributed by atoms with Crippen LogP contribution in [0.5, 0.6) is 0 Å². The van der Waals surface area contributed by atoms with E-state index in [0.717, 1.165) is 6.07 Å². The Morgan fingerprint density at radius 2 is 2.00 bits per heavy atom. The van der Waals surface area contributed by atoms with Crippen LogP contribution < -0.4 is 5.73 Å². The molecule has 1 aromatic carbocycles. The van der Waals surface area contributed by atoms with Gasteiger partial charge in [-0.05, 0) is 24.3 Å². The molecule has 5 nitrogen and oxygen atoms in total. The van der Waals surface area contributed by atoms with Crippen molar-refractivity contribution in [1.29, 1.82) is 0 Å². The maximum atomic E-state index is 13.6. The number of hydrogen-bond donors (Lipinski definition) is 2. The quantitative estimate of drug-likeness (QED) is 0.651. The molecule has 2 aromatic rings. The molecule has 0 spiro atoms. The van der Waals surface area contributed by atoms with Crippen LogP contribution in [0.1, 0.15) is 26.4 Å². The number of nitrogen functional groups attached to an aromatic ring is 1. The molecule has 98 valence electrons. The highest BCUT2D eigenvalue weighted by Crippen LogP contribution is 2.18. The Kier molecular flexibility index (Phi) is 3.08. The third-order valence-electron chi connectivity index (χ3n) is 2.72. The summed E-state index contributed by atoms with van der Waals surface area (Å²) in [7, 11) is 1.50. The van der Waals surface area contributed by atoms with Crippen molar-refractivity contribution in [3.05, 3.63) is 53.1 Å². The number of aryl methyl sites for hydroxylation is 1. The van der Waals surface area contributed by atoms with Crippen LogP contribution >= 0.6 is 0 Å². The van der Waals surface area contributed by atoms with Gasteiger partial charge in [0.15, 0.2) is 5.78 Å². The third-order valence-corrected chi connectivity index (χ3v) is 2.72. The summed E-state index contributed by atoms with van der Waals surface area (Å²) in [5.74, 6) is -2.47. The van der Waals surface area contributed by atoms with E-state index in [1.165, 1.54) is 36.0 Å². The average Bonchev–Trinajstić information content (AvgIpc) is 2.70. The lowest BCUT2D eigenvalue weighted by molar-refractivity contribution is 0.0686. The molecule has 1 heterocycles. The number of hydrogen-bond acceptors (Lipinski definition) is 3. The first kappa shape index (κ1) is 12.8. The summed E-state index contributed by atoms with van der Waals surface area (Å²) in [5, 5.41) is 8.90. The number of ketones is 1. The van der Waals surface area contributed by atoms with Crippen LogP contribution in [0.4, 0.5) is 10.1 Å². The van der Waals surface area contributed by atoms with Gasteiger partial charge in [-0.2, -0.15) is 0 Å². The second-order valence-electron chi connectivity index (χ2n) is 4.10. The van der Waals surface area contributed by atoms with Gasteiger partial charge in [0, 0.05) is 24.5 Å². The minimum absolute atomic E-state index is 0.0424. The SMILES string of the molecule is Cn1cc(C(=O)c2ccc(N)cc2F)cc1C(=O)O. The summed E-state index contributed by atoms with van der Waals surface area (Å²) < 4.78 is 14.9. The summed E-state index contributed by atoms with van der Waals surface area (Å²) in [6, 6.07) is 4.95. The Labute approximate surface area is 108 Å². The predicted octanol–water partition coefficient (Wildman–Crippen LogP) is 1.68. The minimum atomic E-state index is -1.15. The number of rotatable bonds is 3. The van der Waals surface area contributed by atoms with Crippen molar-refractivity contribution in [2.24, 2.45) is 7.05 Å². The van der Waals surface area contributed by atoms with E-state index >= 15 is 0 Å². The highest BCUT2D eigenvalue weighted by molar-refractivity contribution is 6.10. The second-order valence-corrected chi connectivity index (χ2v) is 4.10. The van der Waals surface area contributed by atoms with Gasteiger partial charge >= 0.3 is 5.97 Å². The van der Waals surface area contributed by atoms with E-state index < -0.39 is 17.6 Å². The Morgan fingerprint density at radius 1 is 1.32 bits per heavy atom. The molecule has 0 saturated carbocycles. The number of anilines is 1. The van der Waals surface area contributed by atoms with Crippen molar-refractivity contribution in [2.75, 3.05) is 5.73 Å². The molecule has 0 saturated heterocycles. The van der Waals surface area contributed by atoms with Crippen LogP contribution in [0, 0.1) is 5.82 Å². The second kappa shape index (κ2) is 4.56. The molecule has 1 aromatic heterocycles. The molecule has 0 aliphatic heterocycles. The van der Waals surface area contributed by atoms with Crippen molar-refractivity contribution in [2.45, 2.75) is 0 Å². The Morgan fingerprint density at radius 3 is 2.53 bits per heavy atom. The molecule has 6 heteroatoms. The van der Waals surface area contributed by atoms with Crippen LogP contribution in [0.15, 0.2) is 30.5 Å². The smallest absolute Gasteiger partial charge is 0.352 e. The zero-order valence-corrected chi connectivity index (χ0v) is 10.1. The van der Waals surface area contributed by atoms with Crippen molar-refractivity contribution >= 4 is 17.4 Å². The van der Waals surface area contributed by atoms with Crippen LogP contribution in [-0.2, 0) is 7.05 Å². The van der Waals surface area contributed by atoms with Crippen LogP contribution in [0.25, 0.3) is 0 Å². The summed E-state index contributed by atoms with van der Waals surface area (Å²) >= 11 is 0. The van der Waals surface area contributed by atoms with E-state index in [-0.39, 0.29) is 22.5 Å². The van der Waals surface area contributed by atoms with Crippen molar-refractivity contribution in [1.82, 2.24) is 4.57 Å². The Balaban J connectivity index is 2.44. The first-order chi connectivity index (χ1) is 8.90. The number of carbonyl (C=O) groups is 2. The lowest BCUT2D eigenvalue weighted by atomic mass is 10.0. The van der Waals surface area contributed by atoms with Gasteiger partial charge < -0.3 is 15.4 Å². The molecular formula is C13H11FN2O3. The Bertz CT molecular complexity index is 677. The number of aromatic carboxylic acids is 1. The predicted molar refractivity (Wildman–Crippen MR) is 66.6 cm³/mol. The van der Waals surface area contributed by atoms with Gasteiger partial charge in [-0.15, -0.1) is 0 Å². The highest BCUT2D eigenvalue weighted by atomic mass is 19.1. The largest absolute Gasteiger partial charge is 0.477 e. The van der Waals surface area contributed by atoms with Crippen LogP contribution in [-0.4, -0.2) is 21.4 Å². The molecule has 0 aliphatic carbocycles. The van der Waals surface area contributed by atoms with E-state index in [1.54, 1.807) is 0 Å². The molecule has 0 amide bonds. The number of carbonyl (C=O) groups excluding carboxylic acids is 1. The van der Waals surface area contributed by atoms with Gasteiger partial charge in [0.05, 0.1) is 5.56 Å². The maximum Gasteiger partial charge on any atom is 0.352 e. The van der Waals surface area contributed by atoms with Crippen LogP contribution in [0.2, 0.25) is 0 Å². The summed E-state index contributed by atoms with van der Waals surface area (Å²) in [5.41, 5.74) is 5.55. The molecule has 0 radical (unpaired) electrons. The first-order valence-corrected chi connectivity index (χ1v) is 5.39. The van der Waals surface area contributed by atoms with Gasteiger partial charge in [0.1, 0.15) is 11.5 Å². The average molecular weight is 262 g/mol. The summed E-state index contributed by atoms with van der Waals surface area (Å²) in [6.07, 6.45) is 1.35. The molecule has 0 unspecified atom stereocenters. The molecule has 0 atom stereocenters. The fourth-order valence-electron chi connectivity index (χ4n) is 1.77. The van der Waals surface area contributed by atoms with E-state index in [1.807, 2.05) is 0 Å². The topological polar surface area (TPSA) is 85.3 Å². The molecule has 0 aliphatic rings. The van der Waals surface area contributed by atoms with Gasteiger partial charge in [-0.3, -0.25) is 4.79 Å².